The first-order valence-electron chi connectivity index (χ1n) is 6.11. The van der Waals surface area contributed by atoms with E-state index >= 15 is 0 Å². The summed E-state index contributed by atoms with van der Waals surface area (Å²) in [5.41, 5.74) is 0.822. The van der Waals surface area contributed by atoms with E-state index in [4.69, 9.17) is 9.47 Å². The lowest BCUT2D eigenvalue weighted by Crippen LogP contribution is -2.25. The van der Waals surface area contributed by atoms with Crippen LogP contribution in [0.3, 0.4) is 0 Å². The number of imidazole rings is 1. The van der Waals surface area contributed by atoms with Gasteiger partial charge in [-0.2, -0.15) is 0 Å². The molecule has 0 aromatic carbocycles. The third kappa shape index (κ3) is 3.33. The number of aryl methyl sites for hydroxylation is 1. The number of ether oxygens (including phenoxy) is 2. The second-order valence-electron chi connectivity index (χ2n) is 4.75. The summed E-state index contributed by atoms with van der Waals surface area (Å²) in [5.74, 6) is -0.624. The Bertz CT molecular complexity index is 465. The normalized spacial score (nSPS) is 12.3. The maximum atomic E-state index is 11.9. The molecule has 0 saturated carbocycles. The second-order valence-corrected chi connectivity index (χ2v) is 4.75. The molecular weight excluding hydrogens is 248 g/mol. The van der Waals surface area contributed by atoms with Gasteiger partial charge in [0.05, 0.1) is 26.2 Å². The van der Waals surface area contributed by atoms with Gasteiger partial charge in [0.1, 0.15) is 6.04 Å². The number of hydrogen-bond donors (Lipinski definition) is 0. The van der Waals surface area contributed by atoms with Gasteiger partial charge < -0.3 is 14.0 Å². The minimum Gasteiger partial charge on any atom is -0.467 e. The van der Waals surface area contributed by atoms with Crippen LogP contribution in [0.4, 0.5) is 0 Å². The molecule has 1 aromatic heterocycles. The van der Waals surface area contributed by atoms with Crippen molar-refractivity contribution in [3.05, 3.63) is 17.7 Å². The van der Waals surface area contributed by atoms with E-state index in [2.05, 4.69) is 4.98 Å². The first-order chi connectivity index (χ1) is 8.92. The van der Waals surface area contributed by atoms with E-state index in [9.17, 15) is 9.59 Å². The van der Waals surface area contributed by atoms with Crippen LogP contribution in [0.1, 0.15) is 42.5 Å². The van der Waals surface area contributed by atoms with Gasteiger partial charge in [-0.3, -0.25) is 0 Å². The zero-order valence-corrected chi connectivity index (χ0v) is 12.0. The van der Waals surface area contributed by atoms with Crippen LogP contribution in [-0.4, -0.2) is 35.7 Å². The summed E-state index contributed by atoms with van der Waals surface area (Å²) in [6.07, 6.45) is 2.04. The van der Waals surface area contributed by atoms with E-state index in [-0.39, 0.29) is 5.92 Å². The highest BCUT2D eigenvalue weighted by Crippen LogP contribution is 2.23. The summed E-state index contributed by atoms with van der Waals surface area (Å²) in [7, 11) is 2.63. The number of carbonyl (C=O) groups excluding carboxylic acids is 2. The van der Waals surface area contributed by atoms with Crippen molar-refractivity contribution < 1.29 is 19.1 Å². The highest BCUT2D eigenvalue weighted by Gasteiger charge is 2.28. The molecule has 0 radical (unpaired) electrons. The molecule has 0 aliphatic heterocycles. The number of methoxy groups -OCH3 is 2. The van der Waals surface area contributed by atoms with Crippen molar-refractivity contribution in [2.75, 3.05) is 14.2 Å². The van der Waals surface area contributed by atoms with E-state index in [1.54, 1.807) is 6.92 Å². The maximum Gasteiger partial charge on any atom is 0.356 e. The molecule has 106 valence electrons. The van der Waals surface area contributed by atoms with E-state index < -0.39 is 18.0 Å². The van der Waals surface area contributed by atoms with Crippen molar-refractivity contribution in [2.24, 2.45) is 5.92 Å². The SMILES string of the molecule is COC(=O)c1c(C)ncn1[C@@H](CC(C)C)C(=O)OC. The number of esters is 2. The summed E-state index contributed by atoms with van der Waals surface area (Å²) < 4.78 is 11.1. The van der Waals surface area contributed by atoms with E-state index in [1.165, 1.54) is 25.1 Å². The largest absolute Gasteiger partial charge is 0.467 e. The Hall–Kier alpha value is -1.85. The van der Waals surface area contributed by atoms with Crippen LogP contribution in [0, 0.1) is 12.8 Å². The third-order valence-electron chi connectivity index (χ3n) is 2.86. The van der Waals surface area contributed by atoms with Crippen molar-refractivity contribution in [3.63, 3.8) is 0 Å². The summed E-state index contributed by atoms with van der Waals surface area (Å²) in [4.78, 5) is 27.8. The monoisotopic (exact) mass is 268 g/mol. The van der Waals surface area contributed by atoms with Gasteiger partial charge >= 0.3 is 11.9 Å². The van der Waals surface area contributed by atoms with Crippen LogP contribution in [0.25, 0.3) is 0 Å². The molecule has 0 aliphatic rings. The molecule has 19 heavy (non-hydrogen) atoms. The standard InChI is InChI=1S/C13H20N2O4/c1-8(2)6-10(12(16)18-4)15-7-14-9(3)11(15)13(17)19-5/h7-8,10H,6H2,1-5H3/t10-/m0/s1. The smallest absolute Gasteiger partial charge is 0.356 e. The summed E-state index contributed by atoms with van der Waals surface area (Å²) in [6.45, 7) is 5.70. The fourth-order valence-corrected chi connectivity index (χ4v) is 1.95. The third-order valence-corrected chi connectivity index (χ3v) is 2.86. The van der Waals surface area contributed by atoms with Crippen molar-refractivity contribution >= 4 is 11.9 Å². The molecule has 0 unspecified atom stereocenters. The van der Waals surface area contributed by atoms with Gasteiger partial charge in [-0.1, -0.05) is 13.8 Å². The van der Waals surface area contributed by atoms with Gasteiger partial charge in [-0.05, 0) is 19.3 Å². The highest BCUT2D eigenvalue weighted by atomic mass is 16.5. The molecule has 0 N–H and O–H groups in total. The zero-order valence-electron chi connectivity index (χ0n) is 12.0. The molecule has 0 fully saturated rings. The maximum absolute atomic E-state index is 11.9. The molecular formula is C13H20N2O4. The summed E-state index contributed by atoms with van der Waals surface area (Å²) in [5, 5.41) is 0. The molecule has 0 spiro atoms. The predicted octanol–water partition coefficient (Wildman–Crippen LogP) is 1.74. The van der Waals surface area contributed by atoms with Crippen LogP contribution in [-0.2, 0) is 14.3 Å². The lowest BCUT2D eigenvalue weighted by Gasteiger charge is -2.19. The lowest BCUT2D eigenvalue weighted by atomic mass is 10.0. The first kappa shape index (κ1) is 15.2. The van der Waals surface area contributed by atoms with Crippen LogP contribution < -0.4 is 0 Å². The van der Waals surface area contributed by atoms with Crippen molar-refractivity contribution in [1.82, 2.24) is 9.55 Å². The Morgan fingerprint density at radius 1 is 1.32 bits per heavy atom. The average Bonchev–Trinajstić information content (AvgIpc) is 2.75. The molecule has 6 heteroatoms. The molecule has 1 aromatic rings. The fourth-order valence-electron chi connectivity index (χ4n) is 1.95. The zero-order chi connectivity index (χ0) is 14.6. The molecule has 0 bridgehead atoms. The summed E-state index contributed by atoms with van der Waals surface area (Å²) in [6, 6.07) is -0.569. The van der Waals surface area contributed by atoms with Gasteiger partial charge in [0.15, 0.2) is 5.69 Å². The molecule has 1 heterocycles. The predicted molar refractivity (Wildman–Crippen MR) is 68.8 cm³/mol. The highest BCUT2D eigenvalue weighted by molar-refractivity contribution is 5.89. The lowest BCUT2D eigenvalue weighted by molar-refractivity contribution is -0.145. The van der Waals surface area contributed by atoms with Crippen LogP contribution in [0.5, 0.6) is 0 Å². The average molecular weight is 268 g/mol. The van der Waals surface area contributed by atoms with Gasteiger partial charge in [0.2, 0.25) is 0 Å². The molecule has 0 amide bonds. The number of aromatic nitrogens is 2. The first-order valence-corrected chi connectivity index (χ1v) is 6.11. The Morgan fingerprint density at radius 2 is 1.95 bits per heavy atom. The fraction of sp³-hybridized carbons (Fsp3) is 0.615. The number of rotatable bonds is 5. The van der Waals surface area contributed by atoms with Crippen molar-refractivity contribution in [1.29, 1.82) is 0 Å². The van der Waals surface area contributed by atoms with E-state index in [1.807, 2.05) is 13.8 Å². The Kier molecular flexibility index (Phi) is 5.09. The number of carbonyl (C=O) groups is 2. The van der Waals surface area contributed by atoms with Crippen molar-refractivity contribution in [2.45, 2.75) is 33.2 Å². The summed E-state index contributed by atoms with van der Waals surface area (Å²) >= 11 is 0. The molecule has 1 atom stereocenters. The van der Waals surface area contributed by atoms with Crippen LogP contribution in [0.2, 0.25) is 0 Å². The van der Waals surface area contributed by atoms with Crippen LogP contribution >= 0.6 is 0 Å². The topological polar surface area (TPSA) is 70.4 Å². The van der Waals surface area contributed by atoms with E-state index in [0.29, 0.717) is 17.8 Å². The molecule has 0 aliphatic carbocycles. The van der Waals surface area contributed by atoms with Gasteiger partial charge in [-0.25, -0.2) is 14.6 Å². The van der Waals surface area contributed by atoms with Gasteiger partial charge in [0.25, 0.3) is 0 Å². The van der Waals surface area contributed by atoms with Crippen LogP contribution in [0.15, 0.2) is 6.33 Å². The Morgan fingerprint density at radius 3 is 2.42 bits per heavy atom. The molecule has 0 saturated heterocycles. The molecule has 1 rings (SSSR count). The molecule has 6 nitrogen and oxygen atoms in total. The second kappa shape index (κ2) is 6.36. The van der Waals surface area contributed by atoms with Gasteiger partial charge in [0, 0.05) is 0 Å². The number of hydrogen-bond acceptors (Lipinski definition) is 5. The Balaban J connectivity index is 3.22. The van der Waals surface area contributed by atoms with E-state index in [0.717, 1.165) is 0 Å². The van der Waals surface area contributed by atoms with Crippen molar-refractivity contribution in [3.8, 4) is 0 Å². The Labute approximate surface area is 112 Å². The number of nitrogens with zero attached hydrogens (tertiary/aromatic N) is 2. The van der Waals surface area contributed by atoms with Gasteiger partial charge in [-0.15, -0.1) is 0 Å². The minimum absolute atomic E-state index is 0.275. The minimum atomic E-state index is -0.569. The quantitative estimate of drug-likeness (QED) is 0.761.